The highest BCUT2D eigenvalue weighted by atomic mass is 35.5. The van der Waals surface area contributed by atoms with Crippen molar-refractivity contribution in [3.8, 4) is 0 Å². The maximum absolute atomic E-state index is 12.3. The fraction of sp³-hybridized carbons (Fsp3) is 0.462. The van der Waals surface area contributed by atoms with Crippen LogP contribution in [-0.4, -0.2) is 46.0 Å². The van der Waals surface area contributed by atoms with Crippen molar-refractivity contribution in [2.45, 2.75) is 36.2 Å². The van der Waals surface area contributed by atoms with Crippen LogP contribution in [0.1, 0.15) is 37.2 Å². The first-order valence-corrected chi connectivity index (χ1v) is 11.2. The number of nitrogens with zero attached hydrogens (tertiary/aromatic N) is 4. The van der Waals surface area contributed by atoms with Crippen molar-refractivity contribution < 1.29 is 13.2 Å². The second-order valence-electron chi connectivity index (χ2n) is 4.84. The Kier molecular flexibility index (Phi) is 7.11. The van der Waals surface area contributed by atoms with Gasteiger partial charge >= 0.3 is 0 Å². The lowest BCUT2D eigenvalue weighted by Crippen LogP contribution is -2.18. The maximum Gasteiger partial charge on any atom is 0.277 e. The highest BCUT2D eigenvalue weighted by molar-refractivity contribution is 8.01. The third-order valence-electron chi connectivity index (χ3n) is 2.74. The van der Waals surface area contributed by atoms with Crippen molar-refractivity contribution in [2.24, 2.45) is 0 Å². The van der Waals surface area contributed by atoms with Crippen LogP contribution in [0.3, 0.4) is 0 Å². The average molecular weight is 422 g/mol. The number of sulfone groups is 1. The Labute approximate surface area is 158 Å². The predicted octanol–water partition coefficient (Wildman–Crippen LogP) is 2.92. The van der Waals surface area contributed by atoms with Gasteiger partial charge in [0.2, 0.25) is 20.1 Å². The lowest BCUT2D eigenvalue weighted by molar-refractivity contribution is 0.102. The molecule has 0 bridgehead atoms. The molecule has 25 heavy (non-hydrogen) atoms. The summed E-state index contributed by atoms with van der Waals surface area (Å²) in [6.45, 7) is 3.78. The molecular weight excluding hydrogens is 406 g/mol. The van der Waals surface area contributed by atoms with Gasteiger partial charge in [-0.05, 0) is 12.8 Å². The number of aromatic nitrogens is 4. The van der Waals surface area contributed by atoms with Crippen molar-refractivity contribution in [3.05, 3.63) is 16.9 Å². The van der Waals surface area contributed by atoms with Crippen molar-refractivity contribution in [1.82, 2.24) is 20.2 Å². The molecule has 0 aliphatic heterocycles. The molecule has 12 heteroatoms. The molecule has 136 valence electrons. The second-order valence-corrected chi connectivity index (χ2v) is 9.57. The number of carbonyl (C=O) groups is 1. The summed E-state index contributed by atoms with van der Waals surface area (Å²) in [5.41, 5.74) is -0.218. The van der Waals surface area contributed by atoms with Crippen molar-refractivity contribution in [2.75, 3.05) is 16.8 Å². The number of rotatable bonds is 8. The Morgan fingerprint density at radius 1 is 1.32 bits per heavy atom. The summed E-state index contributed by atoms with van der Waals surface area (Å²) in [4.78, 5) is 19.9. The van der Waals surface area contributed by atoms with E-state index in [1.165, 1.54) is 11.3 Å². The average Bonchev–Trinajstić information content (AvgIpc) is 3.00. The Bertz CT molecular complexity index is 856. The first kappa shape index (κ1) is 20.0. The molecule has 2 aromatic heterocycles. The van der Waals surface area contributed by atoms with Crippen LogP contribution >= 0.6 is 34.7 Å². The van der Waals surface area contributed by atoms with Gasteiger partial charge in [0, 0.05) is 5.75 Å². The van der Waals surface area contributed by atoms with Gasteiger partial charge in [0.15, 0.2) is 10.0 Å². The smallest absolute Gasteiger partial charge is 0.277 e. The molecule has 8 nitrogen and oxygen atoms in total. The fourth-order valence-corrected chi connectivity index (χ4v) is 4.70. The Balaban J connectivity index is 2.20. The molecule has 0 unspecified atom stereocenters. The number of amides is 1. The van der Waals surface area contributed by atoms with Gasteiger partial charge in [0.1, 0.15) is 0 Å². The van der Waals surface area contributed by atoms with Crippen molar-refractivity contribution >= 4 is 55.6 Å². The van der Waals surface area contributed by atoms with E-state index < -0.39 is 20.9 Å². The van der Waals surface area contributed by atoms with E-state index in [2.05, 4.69) is 32.4 Å². The summed E-state index contributed by atoms with van der Waals surface area (Å²) in [5.74, 6) is 0.131. The Hall–Kier alpha value is -1.30. The topological polar surface area (TPSA) is 115 Å². The zero-order valence-electron chi connectivity index (χ0n) is 13.5. The lowest BCUT2D eigenvalue weighted by Gasteiger charge is -2.05. The highest BCUT2D eigenvalue weighted by Gasteiger charge is 2.22. The van der Waals surface area contributed by atoms with Crippen LogP contribution in [0.25, 0.3) is 0 Å². The van der Waals surface area contributed by atoms with Crippen LogP contribution in [0.2, 0.25) is 5.02 Å². The van der Waals surface area contributed by atoms with Crippen molar-refractivity contribution in [3.63, 3.8) is 0 Å². The van der Waals surface area contributed by atoms with E-state index in [1.807, 2.05) is 0 Å². The number of hydrogen-bond acceptors (Lipinski definition) is 9. The number of carbonyl (C=O) groups excluding carboxylic acids is 1. The molecule has 0 aliphatic rings. The van der Waals surface area contributed by atoms with Crippen LogP contribution in [0, 0.1) is 0 Å². The minimum atomic E-state index is -3.65. The Morgan fingerprint density at radius 2 is 2.08 bits per heavy atom. The quantitative estimate of drug-likeness (QED) is 0.393. The van der Waals surface area contributed by atoms with Gasteiger partial charge in [-0.1, -0.05) is 48.5 Å². The van der Waals surface area contributed by atoms with Gasteiger partial charge < -0.3 is 0 Å². The van der Waals surface area contributed by atoms with E-state index in [1.54, 1.807) is 18.7 Å². The summed E-state index contributed by atoms with van der Waals surface area (Å²) in [6, 6.07) is 0. The largest absolute Gasteiger partial charge is 0.295 e. The zero-order valence-corrected chi connectivity index (χ0v) is 16.7. The third-order valence-corrected chi connectivity index (χ3v) is 6.90. The van der Waals surface area contributed by atoms with Crippen LogP contribution in [0.4, 0.5) is 5.13 Å². The highest BCUT2D eigenvalue weighted by Crippen LogP contribution is 2.26. The molecule has 0 atom stereocenters. The van der Waals surface area contributed by atoms with Crippen molar-refractivity contribution in [1.29, 1.82) is 0 Å². The monoisotopic (exact) mass is 421 g/mol. The van der Waals surface area contributed by atoms with Gasteiger partial charge in [-0.25, -0.2) is 18.4 Å². The first-order valence-electron chi connectivity index (χ1n) is 7.40. The minimum absolute atomic E-state index is 0.0435. The lowest BCUT2D eigenvalue weighted by atomic mass is 10.4. The number of halogens is 1. The Morgan fingerprint density at radius 3 is 2.76 bits per heavy atom. The molecule has 2 rings (SSSR count). The van der Waals surface area contributed by atoms with E-state index in [0.29, 0.717) is 6.42 Å². The molecule has 2 aromatic rings. The maximum atomic E-state index is 12.3. The molecule has 0 saturated carbocycles. The summed E-state index contributed by atoms with van der Waals surface area (Å²) in [7, 11) is -3.65. The minimum Gasteiger partial charge on any atom is -0.295 e. The molecule has 0 radical (unpaired) electrons. The molecule has 1 amide bonds. The normalized spacial score (nSPS) is 11.5. The summed E-state index contributed by atoms with van der Waals surface area (Å²) >= 11 is 8.71. The number of hydrogen-bond donors (Lipinski definition) is 1. The van der Waals surface area contributed by atoms with E-state index >= 15 is 0 Å². The van der Waals surface area contributed by atoms with Crippen LogP contribution in [0.15, 0.2) is 15.7 Å². The van der Waals surface area contributed by atoms with Gasteiger partial charge in [0.25, 0.3) is 5.91 Å². The molecular formula is C13H16ClN5O3S3. The summed E-state index contributed by atoms with van der Waals surface area (Å²) in [5, 5.41) is 10.2. The molecule has 0 spiro atoms. The van der Waals surface area contributed by atoms with Crippen LogP contribution < -0.4 is 5.32 Å². The predicted molar refractivity (Wildman–Crippen MR) is 98.3 cm³/mol. The number of nitrogens with one attached hydrogen (secondary N) is 1. The van der Waals surface area contributed by atoms with Crippen LogP contribution in [-0.2, 0) is 9.84 Å². The molecule has 0 saturated heterocycles. The van der Waals surface area contributed by atoms with Gasteiger partial charge in [-0.2, -0.15) is 0 Å². The van der Waals surface area contributed by atoms with Gasteiger partial charge in [0.05, 0.1) is 17.0 Å². The van der Waals surface area contributed by atoms with E-state index in [4.69, 9.17) is 11.6 Å². The van der Waals surface area contributed by atoms with E-state index in [-0.39, 0.29) is 21.6 Å². The molecule has 0 fully saturated rings. The SMILES string of the molecule is CCCSc1nnc(NC(=O)c2nc(S(=O)(=O)CCC)ncc2Cl)s1. The molecule has 1 N–H and O–H groups in total. The fourth-order valence-electron chi connectivity index (χ4n) is 1.68. The van der Waals surface area contributed by atoms with Gasteiger partial charge in [-0.15, -0.1) is 10.2 Å². The second kappa shape index (κ2) is 8.88. The summed E-state index contributed by atoms with van der Waals surface area (Å²) < 4.78 is 24.8. The number of thioether (sulfide) groups is 1. The van der Waals surface area contributed by atoms with E-state index in [9.17, 15) is 13.2 Å². The molecule has 0 aliphatic carbocycles. The van der Waals surface area contributed by atoms with Gasteiger partial charge in [-0.3, -0.25) is 10.1 Å². The van der Waals surface area contributed by atoms with E-state index in [0.717, 1.165) is 22.7 Å². The summed E-state index contributed by atoms with van der Waals surface area (Å²) in [6.07, 6.45) is 2.52. The first-order chi connectivity index (χ1) is 11.9. The molecule has 2 heterocycles. The zero-order chi connectivity index (χ0) is 18.4. The third kappa shape index (κ3) is 5.33. The molecule has 0 aromatic carbocycles. The standard InChI is InChI=1S/C13H16ClN5O3S3/c1-3-5-23-13-19-18-11(24-13)17-10(20)9-8(14)7-15-12(16-9)25(21,22)6-4-2/h7H,3-6H2,1-2H3,(H,17,18,20). The number of anilines is 1. The van der Waals surface area contributed by atoms with Crippen LogP contribution in [0.5, 0.6) is 0 Å².